The summed E-state index contributed by atoms with van der Waals surface area (Å²) < 4.78 is 7.05. The molecule has 0 unspecified atom stereocenters. The van der Waals surface area contributed by atoms with Gasteiger partial charge in [0, 0.05) is 37.9 Å². The van der Waals surface area contributed by atoms with Crippen LogP contribution in [-0.4, -0.2) is 40.1 Å². The number of nitrogens with zero attached hydrogens (tertiary/aromatic N) is 2. The van der Waals surface area contributed by atoms with E-state index in [1.165, 1.54) is 0 Å². The largest absolute Gasteiger partial charge is 0.390 e. The van der Waals surface area contributed by atoms with Crippen molar-refractivity contribution in [2.45, 2.75) is 51.5 Å². The molecule has 6 heteroatoms. The third-order valence-corrected chi connectivity index (χ3v) is 3.91. The average molecular weight is 281 g/mol. The van der Waals surface area contributed by atoms with Gasteiger partial charge >= 0.3 is 0 Å². The molecule has 0 bridgehead atoms. The second-order valence-corrected chi connectivity index (χ2v) is 5.27. The van der Waals surface area contributed by atoms with Crippen LogP contribution in [0.2, 0.25) is 0 Å². The Bertz CT molecular complexity index is 447. The Kier molecular flexibility index (Phi) is 5.14. The fraction of sp³-hybridized carbons (Fsp3) is 0.714. The van der Waals surface area contributed by atoms with E-state index < -0.39 is 6.10 Å². The molecule has 0 radical (unpaired) electrons. The second-order valence-electron chi connectivity index (χ2n) is 5.27. The Labute approximate surface area is 119 Å². The predicted octanol–water partition coefficient (Wildman–Crippen LogP) is 0.695. The molecule has 0 aliphatic heterocycles. The van der Waals surface area contributed by atoms with Gasteiger partial charge in [0.1, 0.15) is 0 Å². The highest BCUT2D eigenvalue weighted by molar-refractivity contribution is 5.78. The summed E-state index contributed by atoms with van der Waals surface area (Å²) in [6.07, 6.45) is 4.92. The van der Waals surface area contributed by atoms with E-state index in [4.69, 9.17) is 4.74 Å². The van der Waals surface area contributed by atoms with Gasteiger partial charge in [0.05, 0.1) is 18.4 Å². The maximum Gasteiger partial charge on any atom is 0.223 e. The molecule has 1 aromatic heterocycles. The van der Waals surface area contributed by atoms with Crippen molar-refractivity contribution in [1.29, 1.82) is 0 Å². The van der Waals surface area contributed by atoms with Crippen LogP contribution in [0.5, 0.6) is 0 Å². The third-order valence-electron chi connectivity index (χ3n) is 3.91. The number of carbonyl (C=O) groups is 1. The predicted molar refractivity (Wildman–Crippen MR) is 73.9 cm³/mol. The van der Waals surface area contributed by atoms with E-state index >= 15 is 0 Å². The Balaban J connectivity index is 1.82. The highest BCUT2D eigenvalue weighted by Gasteiger charge is 2.32. The van der Waals surface area contributed by atoms with Crippen LogP contribution in [0.4, 0.5) is 0 Å². The summed E-state index contributed by atoms with van der Waals surface area (Å²) in [5, 5.41) is 16.8. The molecule has 1 heterocycles. The molecule has 20 heavy (non-hydrogen) atoms. The molecule has 0 spiro atoms. The first kappa shape index (κ1) is 15.0. The molecule has 1 aliphatic rings. The van der Waals surface area contributed by atoms with Crippen molar-refractivity contribution in [2.24, 2.45) is 5.92 Å². The summed E-state index contributed by atoms with van der Waals surface area (Å²) in [5.41, 5.74) is 0.999. The lowest BCUT2D eigenvalue weighted by Crippen LogP contribution is -2.41. The summed E-state index contributed by atoms with van der Waals surface area (Å²) >= 11 is 0. The highest BCUT2D eigenvalue weighted by atomic mass is 16.5. The molecule has 3 atom stereocenters. The molecule has 112 valence electrons. The minimum atomic E-state index is -0.452. The van der Waals surface area contributed by atoms with E-state index in [9.17, 15) is 9.90 Å². The standard InChI is InChI=1S/C14H23N3O3/c1-3-17-9-10(8-16-17)7-15-14(19)11-4-5-12(18)13(6-11)20-2/h8-9,11-13,18H,3-7H2,1-2H3,(H,15,19)/t11-,12+,13-/m1/s1. The first-order valence-electron chi connectivity index (χ1n) is 7.14. The van der Waals surface area contributed by atoms with E-state index in [0.717, 1.165) is 12.1 Å². The Morgan fingerprint density at radius 2 is 2.40 bits per heavy atom. The number of carbonyl (C=O) groups excluding carboxylic acids is 1. The molecular weight excluding hydrogens is 258 g/mol. The first-order chi connectivity index (χ1) is 9.63. The van der Waals surface area contributed by atoms with E-state index in [0.29, 0.717) is 25.8 Å². The summed E-state index contributed by atoms with van der Waals surface area (Å²) in [5.74, 6) is -0.0484. The summed E-state index contributed by atoms with van der Waals surface area (Å²) in [4.78, 5) is 12.1. The zero-order chi connectivity index (χ0) is 14.5. The van der Waals surface area contributed by atoms with Gasteiger partial charge in [-0.25, -0.2) is 0 Å². The van der Waals surface area contributed by atoms with Crippen LogP contribution in [0, 0.1) is 5.92 Å². The molecule has 0 aromatic carbocycles. The zero-order valence-electron chi connectivity index (χ0n) is 12.1. The van der Waals surface area contributed by atoms with Crippen LogP contribution in [0.3, 0.4) is 0 Å². The van der Waals surface area contributed by atoms with Crippen molar-refractivity contribution in [1.82, 2.24) is 15.1 Å². The summed E-state index contributed by atoms with van der Waals surface area (Å²) in [6.45, 7) is 3.34. The lowest BCUT2D eigenvalue weighted by atomic mass is 9.84. The molecule has 6 nitrogen and oxygen atoms in total. The molecule has 1 aromatic rings. The van der Waals surface area contributed by atoms with Gasteiger partial charge in [-0.2, -0.15) is 5.10 Å². The lowest BCUT2D eigenvalue weighted by molar-refractivity contribution is -0.130. The Morgan fingerprint density at radius 3 is 3.05 bits per heavy atom. The van der Waals surface area contributed by atoms with E-state index in [1.54, 1.807) is 13.3 Å². The van der Waals surface area contributed by atoms with Gasteiger partial charge in [0.2, 0.25) is 5.91 Å². The topological polar surface area (TPSA) is 76.4 Å². The smallest absolute Gasteiger partial charge is 0.223 e. The van der Waals surface area contributed by atoms with Crippen LogP contribution in [-0.2, 0) is 22.6 Å². The minimum absolute atomic E-state index is 0.0307. The number of rotatable bonds is 5. The SMILES string of the molecule is CCn1cc(CNC(=O)[C@@H]2CC[C@H](O)[C@H](OC)C2)cn1. The van der Waals surface area contributed by atoms with Crippen LogP contribution in [0.15, 0.2) is 12.4 Å². The number of nitrogens with one attached hydrogen (secondary N) is 1. The molecule has 1 amide bonds. The van der Waals surface area contributed by atoms with E-state index in [1.807, 2.05) is 17.8 Å². The second kappa shape index (κ2) is 6.85. The van der Waals surface area contributed by atoms with Gasteiger partial charge in [-0.3, -0.25) is 9.48 Å². The van der Waals surface area contributed by atoms with Crippen molar-refractivity contribution >= 4 is 5.91 Å². The minimum Gasteiger partial charge on any atom is -0.390 e. The van der Waals surface area contributed by atoms with Gasteiger partial charge in [-0.1, -0.05) is 0 Å². The quantitative estimate of drug-likeness (QED) is 0.833. The monoisotopic (exact) mass is 281 g/mol. The van der Waals surface area contributed by atoms with Crippen molar-refractivity contribution in [3.05, 3.63) is 18.0 Å². The average Bonchev–Trinajstić information content (AvgIpc) is 2.93. The fourth-order valence-electron chi connectivity index (χ4n) is 2.61. The number of ether oxygens (including phenoxy) is 1. The van der Waals surface area contributed by atoms with Gasteiger partial charge in [0.25, 0.3) is 0 Å². The van der Waals surface area contributed by atoms with Crippen LogP contribution < -0.4 is 5.32 Å². The Hall–Kier alpha value is -1.40. The molecule has 0 saturated heterocycles. The molecule has 2 N–H and O–H groups in total. The number of hydrogen-bond acceptors (Lipinski definition) is 4. The van der Waals surface area contributed by atoms with Crippen molar-refractivity contribution in [3.8, 4) is 0 Å². The third kappa shape index (κ3) is 3.58. The number of aromatic nitrogens is 2. The molecule has 1 fully saturated rings. The van der Waals surface area contributed by atoms with Gasteiger partial charge in [0.15, 0.2) is 0 Å². The number of methoxy groups -OCH3 is 1. The van der Waals surface area contributed by atoms with Gasteiger partial charge < -0.3 is 15.2 Å². The Morgan fingerprint density at radius 1 is 1.60 bits per heavy atom. The van der Waals surface area contributed by atoms with E-state index in [-0.39, 0.29) is 17.9 Å². The number of aliphatic hydroxyl groups is 1. The number of amides is 1. The van der Waals surface area contributed by atoms with Gasteiger partial charge in [-0.15, -0.1) is 0 Å². The number of hydrogen-bond donors (Lipinski definition) is 2. The zero-order valence-corrected chi connectivity index (χ0v) is 12.1. The van der Waals surface area contributed by atoms with Gasteiger partial charge in [-0.05, 0) is 26.2 Å². The maximum absolute atomic E-state index is 12.1. The van der Waals surface area contributed by atoms with E-state index in [2.05, 4.69) is 10.4 Å². The summed E-state index contributed by atoms with van der Waals surface area (Å²) in [6, 6.07) is 0. The number of aryl methyl sites for hydroxylation is 1. The number of aliphatic hydroxyl groups excluding tert-OH is 1. The molecule has 1 saturated carbocycles. The lowest BCUT2D eigenvalue weighted by Gasteiger charge is -2.31. The fourth-order valence-corrected chi connectivity index (χ4v) is 2.61. The van der Waals surface area contributed by atoms with Crippen molar-refractivity contribution in [3.63, 3.8) is 0 Å². The van der Waals surface area contributed by atoms with Crippen molar-refractivity contribution < 1.29 is 14.6 Å². The molecular formula is C14H23N3O3. The van der Waals surface area contributed by atoms with Crippen LogP contribution in [0.25, 0.3) is 0 Å². The first-order valence-corrected chi connectivity index (χ1v) is 7.14. The van der Waals surface area contributed by atoms with Crippen LogP contribution in [0.1, 0.15) is 31.7 Å². The van der Waals surface area contributed by atoms with Crippen LogP contribution >= 0.6 is 0 Å². The van der Waals surface area contributed by atoms with Crippen molar-refractivity contribution in [2.75, 3.05) is 7.11 Å². The molecule has 2 rings (SSSR count). The summed E-state index contributed by atoms with van der Waals surface area (Å²) in [7, 11) is 1.58. The maximum atomic E-state index is 12.1. The normalized spacial score (nSPS) is 26.4. The highest BCUT2D eigenvalue weighted by Crippen LogP contribution is 2.26. The molecule has 1 aliphatic carbocycles.